The maximum atomic E-state index is 12.0. The number of aryl methyl sites for hydroxylation is 2. The van der Waals surface area contributed by atoms with E-state index in [1.165, 1.54) is 24.0 Å². The Balaban J connectivity index is 0.000000352. The quantitative estimate of drug-likeness (QED) is 0.682. The van der Waals surface area contributed by atoms with Gasteiger partial charge in [0.2, 0.25) is 5.91 Å². The number of carbonyl (C=O) groups excluding carboxylic acids is 1. The van der Waals surface area contributed by atoms with Crippen molar-refractivity contribution in [2.75, 3.05) is 38.2 Å². The molecule has 1 aliphatic carbocycles. The van der Waals surface area contributed by atoms with Crippen LogP contribution in [-0.4, -0.2) is 65.8 Å². The van der Waals surface area contributed by atoms with Gasteiger partial charge in [-0.2, -0.15) is 0 Å². The Kier molecular flexibility index (Phi) is 7.55. The van der Waals surface area contributed by atoms with E-state index >= 15 is 0 Å². The van der Waals surface area contributed by atoms with Crippen molar-refractivity contribution in [3.05, 3.63) is 29.3 Å². The van der Waals surface area contributed by atoms with Crippen molar-refractivity contribution in [1.29, 1.82) is 0 Å². The number of hydrogen-bond acceptors (Lipinski definition) is 5. The van der Waals surface area contributed by atoms with Crippen molar-refractivity contribution in [3.8, 4) is 0 Å². The highest BCUT2D eigenvalue weighted by atomic mass is 16.5. The number of rotatable bonds is 4. The predicted molar refractivity (Wildman–Crippen MR) is 94.2 cm³/mol. The summed E-state index contributed by atoms with van der Waals surface area (Å²) in [5.41, 5.74) is 3.78. The van der Waals surface area contributed by atoms with Crippen LogP contribution in [0.2, 0.25) is 0 Å². The summed E-state index contributed by atoms with van der Waals surface area (Å²) in [6.45, 7) is 4.26. The maximum Gasteiger partial charge on any atom is 0.414 e. The molecule has 2 aliphatic rings. The third-order valence-corrected chi connectivity index (χ3v) is 4.32. The SMILES string of the molecule is O=C(CCN1CCOCC1)Nc1ccc2c(c1)CCC2.O=C(O)C(=O)O. The molecule has 1 amide bonds. The third-order valence-electron chi connectivity index (χ3n) is 4.32. The van der Waals surface area contributed by atoms with Gasteiger partial charge in [-0.15, -0.1) is 0 Å². The zero-order valence-electron chi connectivity index (χ0n) is 14.6. The molecular formula is C18H24N2O6. The van der Waals surface area contributed by atoms with Gasteiger partial charge in [-0.25, -0.2) is 9.59 Å². The number of hydrogen-bond donors (Lipinski definition) is 3. The van der Waals surface area contributed by atoms with Gasteiger partial charge in [0.05, 0.1) is 13.2 Å². The highest BCUT2D eigenvalue weighted by Crippen LogP contribution is 2.24. The minimum atomic E-state index is -1.82. The van der Waals surface area contributed by atoms with E-state index in [9.17, 15) is 4.79 Å². The fourth-order valence-corrected chi connectivity index (χ4v) is 2.96. The van der Waals surface area contributed by atoms with Crippen molar-refractivity contribution < 1.29 is 29.3 Å². The Morgan fingerprint density at radius 2 is 1.69 bits per heavy atom. The number of aliphatic carboxylic acids is 2. The molecule has 0 atom stereocenters. The molecule has 0 radical (unpaired) electrons. The van der Waals surface area contributed by atoms with E-state index in [4.69, 9.17) is 24.5 Å². The van der Waals surface area contributed by atoms with Gasteiger partial charge < -0.3 is 20.3 Å². The van der Waals surface area contributed by atoms with Crippen LogP contribution in [0.5, 0.6) is 0 Å². The standard InChI is InChI=1S/C16H22N2O2.C2H2O4/c19-16(6-7-18-8-10-20-11-9-18)17-15-5-4-13-2-1-3-14(13)12-15;3-1(4)2(5)6/h4-5,12H,1-3,6-11H2,(H,17,19);(H,3,4)(H,5,6). The fourth-order valence-electron chi connectivity index (χ4n) is 2.96. The van der Waals surface area contributed by atoms with Crippen LogP contribution >= 0.6 is 0 Å². The Labute approximate surface area is 151 Å². The van der Waals surface area contributed by atoms with Gasteiger partial charge in [0.1, 0.15) is 0 Å². The molecule has 1 aromatic rings. The predicted octanol–water partition coefficient (Wildman–Crippen LogP) is 0.992. The van der Waals surface area contributed by atoms with Crippen LogP contribution in [0.4, 0.5) is 5.69 Å². The monoisotopic (exact) mass is 364 g/mol. The summed E-state index contributed by atoms with van der Waals surface area (Å²) in [5.74, 6) is -3.54. The summed E-state index contributed by atoms with van der Waals surface area (Å²) >= 11 is 0. The maximum absolute atomic E-state index is 12.0. The van der Waals surface area contributed by atoms with Crippen LogP contribution in [0.25, 0.3) is 0 Å². The molecule has 142 valence electrons. The second kappa shape index (κ2) is 9.88. The number of fused-ring (bicyclic) bond motifs is 1. The lowest BCUT2D eigenvalue weighted by Crippen LogP contribution is -2.38. The number of morpholine rings is 1. The number of benzene rings is 1. The first-order valence-electron chi connectivity index (χ1n) is 8.63. The Hall–Kier alpha value is -2.45. The van der Waals surface area contributed by atoms with Gasteiger partial charge in [-0.1, -0.05) is 6.07 Å². The first kappa shape index (κ1) is 19.9. The lowest BCUT2D eigenvalue weighted by atomic mass is 10.1. The molecule has 1 aromatic carbocycles. The molecule has 8 heteroatoms. The molecular weight excluding hydrogens is 340 g/mol. The molecule has 0 saturated carbocycles. The van der Waals surface area contributed by atoms with Crippen LogP contribution in [0.3, 0.4) is 0 Å². The van der Waals surface area contributed by atoms with Crippen LogP contribution in [0, 0.1) is 0 Å². The molecule has 1 aliphatic heterocycles. The van der Waals surface area contributed by atoms with Gasteiger partial charge in [-0.3, -0.25) is 9.69 Å². The van der Waals surface area contributed by atoms with Gasteiger partial charge in [-0.05, 0) is 42.5 Å². The van der Waals surface area contributed by atoms with E-state index in [1.807, 2.05) is 6.07 Å². The summed E-state index contributed by atoms with van der Waals surface area (Å²) in [5, 5.41) is 17.8. The highest BCUT2D eigenvalue weighted by Gasteiger charge is 2.14. The van der Waals surface area contributed by atoms with Crippen LogP contribution < -0.4 is 5.32 Å². The van der Waals surface area contributed by atoms with Crippen molar-refractivity contribution in [3.63, 3.8) is 0 Å². The van der Waals surface area contributed by atoms with E-state index in [1.54, 1.807) is 0 Å². The molecule has 0 bridgehead atoms. The third kappa shape index (κ3) is 6.45. The molecule has 3 rings (SSSR count). The largest absolute Gasteiger partial charge is 0.473 e. The smallest absolute Gasteiger partial charge is 0.414 e. The molecule has 8 nitrogen and oxygen atoms in total. The van der Waals surface area contributed by atoms with Gasteiger partial charge >= 0.3 is 11.9 Å². The number of carboxylic acids is 2. The van der Waals surface area contributed by atoms with E-state index < -0.39 is 11.9 Å². The lowest BCUT2D eigenvalue weighted by molar-refractivity contribution is -0.159. The number of ether oxygens (including phenoxy) is 1. The number of amides is 1. The van der Waals surface area contributed by atoms with Crippen molar-refractivity contribution >= 4 is 23.5 Å². The normalized spacial score (nSPS) is 16.2. The van der Waals surface area contributed by atoms with Gasteiger partial charge in [0.25, 0.3) is 0 Å². The molecule has 3 N–H and O–H groups in total. The number of anilines is 1. The summed E-state index contributed by atoms with van der Waals surface area (Å²) in [6.07, 6.45) is 4.12. The summed E-state index contributed by atoms with van der Waals surface area (Å²) in [4.78, 5) is 32.5. The first-order chi connectivity index (χ1) is 12.5. The molecule has 1 saturated heterocycles. The van der Waals surface area contributed by atoms with Crippen molar-refractivity contribution in [2.45, 2.75) is 25.7 Å². The van der Waals surface area contributed by atoms with Gasteiger partial charge in [0, 0.05) is 31.7 Å². The topological polar surface area (TPSA) is 116 Å². The van der Waals surface area contributed by atoms with E-state index in [0.717, 1.165) is 45.0 Å². The second-order valence-corrected chi connectivity index (χ2v) is 6.20. The molecule has 1 heterocycles. The van der Waals surface area contributed by atoms with E-state index in [2.05, 4.69) is 22.3 Å². The van der Waals surface area contributed by atoms with Gasteiger partial charge in [0.15, 0.2) is 0 Å². The molecule has 0 spiro atoms. The Bertz CT molecular complexity index is 643. The highest BCUT2D eigenvalue weighted by molar-refractivity contribution is 6.27. The Morgan fingerprint density at radius 1 is 1.04 bits per heavy atom. The molecule has 0 unspecified atom stereocenters. The van der Waals surface area contributed by atoms with E-state index in [0.29, 0.717) is 6.42 Å². The average molecular weight is 364 g/mol. The number of nitrogens with one attached hydrogen (secondary N) is 1. The van der Waals surface area contributed by atoms with Crippen LogP contribution in [-0.2, 0) is 32.0 Å². The zero-order valence-corrected chi connectivity index (χ0v) is 14.6. The molecule has 1 fully saturated rings. The summed E-state index contributed by atoms with van der Waals surface area (Å²) in [7, 11) is 0. The summed E-state index contributed by atoms with van der Waals surface area (Å²) in [6, 6.07) is 6.31. The lowest BCUT2D eigenvalue weighted by Gasteiger charge is -2.26. The van der Waals surface area contributed by atoms with Crippen LogP contribution in [0.1, 0.15) is 24.0 Å². The van der Waals surface area contributed by atoms with E-state index in [-0.39, 0.29) is 5.91 Å². The minimum Gasteiger partial charge on any atom is -0.473 e. The molecule has 0 aromatic heterocycles. The van der Waals surface area contributed by atoms with Crippen molar-refractivity contribution in [2.24, 2.45) is 0 Å². The minimum absolute atomic E-state index is 0.106. The van der Waals surface area contributed by atoms with Crippen LogP contribution in [0.15, 0.2) is 18.2 Å². The fraction of sp³-hybridized carbons (Fsp3) is 0.500. The summed E-state index contributed by atoms with van der Waals surface area (Å²) < 4.78 is 5.30. The molecule has 26 heavy (non-hydrogen) atoms. The van der Waals surface area contributed by atoms with Crippen molar-refractivity contribution in [1.82, 2.24) is 4.90 Å². The number of carboxylic acid groups (broad SMARTS) is 2. The number of carbonyl (C=O) groups is 3. The average Bonchev–Trinajstić information content (AvgIpc) is 3.09. The Morgan fingerprint density at radius 3 is 2.35 bits per heavy atom. The zero-order chi connectivity index (χ0) is 18.9. The second-order valence-electron chi connectivity index (χ2n) is 6.20. The first-order valence-corrected chi connectivity index (χ1v) is 8.63. The number of nitrogens with zero attached hydrogens (tertiary/aromatic N) is 1.